The number of hydrogen-bond acceptors (Lipinski definition) is 3. The van der Waals surface area contributed by atoms with Gasteiger partial charge in [-0.3, -0.25) is 9.59 Å². The molecule has 0 aliphatic heterocycles. The maximum Gasteiger partial charge on any atom is 0.303 e. The number of carboxylic acid groups (broad SMARTS) is 1. The van der Waals surface area contributed by atoms with Gasteiger partial charge in [0, 0.05) is 11.3 Å². The molecule has 2 N–H and O–H groups in total. The highest BCUT2D eigenvalue weighted by atomic mass is 32.2. The average molecular weight is 253 g/mol. The number of anilines is 1. The maximum absolute atomic E-state index is 11.5. The minimum absolute atomic E-state index is 0.000456. The summed E-state index contributed by atoms with van der Waals surface area (Å²) in [7, 11) is 0. The highest BCUT2D eigenvalue weighted by Gasteiger charge is 2.08. The van der Waals surface area contributed by atoms with Crippen molar-refractivity contribution in [3.8, 4) is 0 Å². The van der Waals surface area contributed by atoms with Crippen molar-refractivity contribution < 1.29 is 14.7 Å². The largest absolute Gasteiger partial charge is 0.481 e. The second kappa shape index (κ2) is 6.96. The van der Waals surface area contributed by atoms with Gasteiger partial charge < -0.3 is 10.4 Å². The first-order valence-corrected chi connectivity index (χ1v) is 6.35. The molecule has 1 aromatic rings. The molecule has 0 unspecified atom stereocenters. The molecule has 1 aromatic carbocycles. The van der Waals surface area contributed by atoms with Gasteiger partial charge >= 0.3 is 5.97 Å². The number of aliphatic carboxylic acids is 1. The molecule has 17 heavy (non-hydrogen) atoms. The first-order valence-electron chi connectivity index (χ1n) is 5.37. The molecule has 1 rings (SSSR count). The Kier molecular flexibility index (Phi) is 5.56. The van der Waals surface area contributed by atoms with Crippen molar-refractivity contribution in [2.75, 3.05) is 11.1 Å². The van der Waals surface area contributed by atoms with Crippen LogP contribution >= 0.6 is 11.8 Å². The van der Waals surface area contributed by atoms with Gasteiger partial charge in [0.25, 0.3) is 0 Å². The highest BCUT2D eigenvalue weighted by molar-refractivity contribution is 7.99. The number of nitrogens with one attached hydrogen (secondary N) is 1. The van der Waals surface area contributed by atoms with Crippen molar-refractivity contribution in [3.05, 3.63) is 24.3 Å². The molecule has 0 fully saturated rings. The standard InChI is InChI=1S/C12H15NO3S/c1-2-17-10-6-4-3-5-9(10)13-11(14)7-8-12(15)16/h3-6H,2,7-8H2,1H3,(H,13,14)(H,15,16). The molecule has 1 amide bonds. The fraction of sp³-hybridized carbons (Fsp3) is 0.333. The lowest BCUT2D eigenvalue weighted by molar-refractivity contribution is -0.138. The lowest BCUT2D eigenvalue weighted by Crippen LogP contribution is -2.13. The Balaban J connectivity index is 2.61. The Labute approximate surface area is 104 Å². The number of para-hydroxylation sites is 1. The van der Waals surface area contributed by atoms with E-state index in [1.54, 1.807) is 11.8 Å². The molecule has 0 heterocycles. The Bertz CT molecular complexity index is 406. The molecule has 0 saturated heterocycles. The molecule has 0 spiro atoms. The molecule has 0 atom stereocenters. The van der Waals surface area contributed by atoms with E-state index in [4.69, 9.17) is 5.11 Å². The first-order chi connectivity index (χ1) is 8.13. The van der Waals surface area contributed by atoms with Gasteiger partial charge in [-0.2, -0.15) is 0 Å². The third-order valence-electron chi connectivity index (χ3n) is 2.03. The Morgan fingerprint density at radius 1 is 1.29 bits per heavy atom. The van der Waals surface area contributed by atoms with Crippen LogP contribution in [0.25, 0.3) is 0 Å². The van der Waals surface area contributed by atoms with Gasteiger partial charge in [0.1, 0.15) is 0 Å². The number of carbonyl (C=O) groups excluding carboxylic acids is 1. The molecular weight excluding hydrogens is 238 g/mol. The van der Waals surface area contributed by atoms with E-state index in [9.17, 15) is 9.59 Å². The van der Waals surface area contributed by atoms with Crippen LogP contribution in [0, 0.1) is 0 Å². The Hall–Kier alpha value is -1.49. The number of carbonyl (C=O) groups is 2. The van der Waals surface area contributed by atoms with E-state index in [0.29, 0.717) is 0 Å². The summed E-state index contributed by atoms with van der Waals surface area (Å²) in [5.41, 5.74) is 0.745. The summed E-state index contributed by atoms with van der Waals surface area (Å²) < 4.78 is 0. The second-order valence-corrected chi connectivity index (χ2v) is 4.68. The Morgan fingerprint density at radius 2 is 2.00 bits per heavy atom. The van der Waals surface area contributed by atoms with E-state index in [1.165, 1.54) is 0 Å². The van der Waals surface area contributed by atoms with E-state index in [-0.39, 0.29) is 18.7 Å². The minimum atomic E-state index is -0.962. The van der Waals surface area contributed by atoms with Gasteiger partial charge in [0.2, 0.25) is 5.91 Å². The molecule has 0 radical (unpaired) electrons. The molecular formula is C12H15NO3S. The molecule has 5 heteroatoms. The quantitative estimate of drug-likeness (QED) is 0.765. The van der Waals surface area contributed by atoms with Gasteiger partial charge in [-0.15, -0.1) is 11.8 Å². The summed E-state index contributed by atoms with van der Waals surface area (Å²) in [4.78, 5) is 22.8. The molecule has 92 valence electrons. The molecule has 0 bridgehead atoms. The first kappa shape index (κ1) is 13.6. The van der Waals surface area contributed by atoms with Crippen LogP contribution in [0.4, 0.5) is 5.69 Å². The average Bonchev–Trinajstić information content (AvgIpc) is 2.29. The van der Waals surface area contributed by atoms with E-state index < -0.39 is 5.97 Å². The van der Waals surface area contributed by atoms with Gasteiger partial charge in [0.15, 0.2) is 0 Å². The zero-order valence-electron chi connectivity index (χ0n) is 9.60. The van der Waals surface area contributed by atoms with Crippen LogP contribution in [0.15, 0.2) is 29.2 Å². The minimum Gasteiger partial charge on any atom is -0.481 e. The molecule has 0 aliphatic carbocycles. The third kappa shape index (κ3) is 4.91. The summed E-state index contributed by atoms with van der Waals surface area (Å²) in [5, 5.41) is 11.2. The van der Waals surface area contributed by atoms with Gasteiger partial charge in [-0.25, -0.2) is 0 Å². The number of benzene rings is 1. The van der Waals surface area contributed by atoms with E-state index in [0.717, 1.165) is 16.3 Å². The summed E-state index contributed by atoms with van der Waals surface area (Å²) in [5.74, 6) is -0.310. The Morgan fingerprint density at radius 3 is 2.65 bits per heavy atom. The van der Waals surface area contributed by atoms with Crippen LogP contribution in [0.3, 0.4) is 0 Å². The van der Waals surface area contributed by atoms with Gasteiger partial charge in [0.05, 0.1) is 12.1 Å². The van der Waals surface area contributed by atoms with Crippen LogP contribution < -0.4 is 5.32 Å². The summed E-state index contributed by atoms with van der Waals surface area (Å²) in [6, 6.07) is 7.50. The van der Waals surface area contributed by atoms with Gasteiger partial charge in [-0.1, -0.05) is 19.1 Å². The predicted molar refractivity (Wildman–Crippen MR) is 68.3 cm³/mol. The normalized spacial score (nSPS) is 9.94. The zero-order chi connectivity index (χ0) is 12.7. The van der Waals surface area contributed by atoms with Crippen molar-refractivity contribution in [3.63, 3.8) is 0 Å². The van der Waals surface area contributed by atoms with Crippen molar-refractivity contribution in [1.29, 1.82) is 0 Å². The van der Waals surface area contributed by atoms with E-state index in [1.807, 2.05) is 31.2 Å². The van der Waals surface area contributed by atoms with E-state index in [2.05, 4.69) is 5.32 Å². The van der Waals surface area contributed by atoms with Crippen LogP contribution in [0.1, 0.15) is 19.8 Å². The van der Waals surface area contributed by atoms with Crippen LogP contribution in [0.2, 0.25) is 0 Å². The number of amides is 1. The second-order valence-electron chi connectivity index (χ2n) is 3.37. The lowest BCUT2D eigenvalue weighted by Gasteiger charge is -2.09. The van der Waals surface area contributed by atoms with Crippen LogP contribution in [-0.4, -0.2) is 22.7 Å². The molecule has 4 nitrogen and oxygen atoms in total. The van der Waals surface area contributed by atoms with Crippen molar-refractivity contribution in [2.45, 2.75) is 24.7 Å². The molecule has 0 aliphatic rings. The fourth-order valence-electron chi connectivity index (χ4n) is 1.28. The zero-order valence-corrected chi connectivity index (χ0v) is 10.4. The topological polar surface area (TPSA) is 66.4 Å². The monoisotopic (exact) mass is 253 g/mol. The van der Waals surface area contributed by atoms with Crippen LogP contribution in [-0.2, 0) is 9.59 Å². The number of hydrogen-bond donors (Lipinski definition) is 2. The third-order valence-corrected chi connectivity index (χ3v) is 2.98. The highest BCUT2D eigenvalue weighted by Crippen LogP contribution is 2.26. The smallest absolute Gasteiger partial charge is 0.303 e. The summed E-state index contributed by atoms with van der Waals surface area (Å²) >= 11 is 1.64. The number of rotatable bonds is 6. The van der Waals surface area contributed by atoms with Crippen molar-refractivity contribution in [1.82, 2.24) is 0 Å². The van der Waals surface area contributed by atoms with E-state index >= 15 is 0 Å². The lowest BCUT2D eigenvalue weighted by atomic mass is 10.2. The fourth-order valence-corrected chi connectivity index (χ4v) is 2.04. The molecule has 0 aromatic heterocycles. The summed E-state index contributed by atoms with van der Waals surface area (Å²) in [6.45, 7) is 2.04. The van der Waals surface area contributed by atoms with Crippen molar-refractivity contribution in [2.24, 2.45) is 0 Å². The summed E-state index contributed by atoms with van der Waals surface area (Å²) in [6.07, 6.45) is -0.143. The van der Waals surface area contributed by atoms with Gasteiger partial charge in [-0.05, 0) is 17.9 Å². The number of thioether (sulfide) groups is 1. The maximum atomic E-state index is 11.5. The predicted octanol–water partition coefficient (Wildman–Crippen LogP) is 2.60. The SMILES string of the molecule is CCSc1ccccc1NC(=O)CCC(=O)O. The van der Waals surface area contributed by atoms with Crippen LogP contribution in [0.5, 0.6) is 0 Å². The number of carboxylic acids is 1. The van der Waals surface area contributed by atoms with Crippen molar-refractivity contribution >= 4 is 29.3 Å². The molecule has 0 saturated carbocycles.